The number of anilines is 1. The highest BCUT2D eigenvalue weighted by Gasteiger charge is 2.55. The van der Waals surface area contributed by atoms with Crippen LogP contribution < -0.4 is 5.73 Å². The maximum absolute atomic E-state index is 5.74. The third kappa shape index (κ3) is 1.56. The molecule has 3 unspecified atom stereocenters. The average molecular weight is 276 g/mol. The second kappa shape index (κ2) is 3.85. The minimum atomic E-state index is 0.518. The molecule has 1 fully saturated rings. The van der Waals surface area contributed by atoms with Gasteiger partial charge in [0.2, 0.25) is 0 Å². The van der Waals surface area contributed by atoms with Crippen LogP contribution in [0.5, 0.6) is 0 Å². The number of nitrogens with two attached hydrogens (primary N) is 1. The number of H-pyrrole nitrogens is 1. The van der Waals surface area contributed by atoms with Crippen LogP contribution in [0.2, 0.25) is 0 Å². The largest absolute Gasteiger partial charge is 0.384 e. The predicted molar refractivity (Wildman–Crippen MR) is 82.0 cm³/mol. The number of fused-ring (bicyclic) bond motifs is 4. The first-order chi connectivity index (χ1) is 10.3. The van der Waals surface area contributed by atoms with Crippen molar-refractivity contribution in [2.45, 2.75) is 24.7 Å². The first-order valence-electron chi connectivity index (χ1n) is 7.51. The first kappa shape index (κ1) is 11.3. The van der Waals surface area contributed by atoms with Gasteiger partial charge < -0.3 is 10.7 Å². The lowest BCUT2D eigenvalue weighted by atomic mass is 9.92. The lowest BCUT2D eigenvalue weighted by Crippen LogP contribution is -2.00. The van der Waals surface area contributed by atoms with Crippen LogP contribution >= 0.6 is 0 Å². The summed E-state index contributed by atoms with van der Waals surface area (Å²) < 4.78 is 0. The molecule has 3 N–H and O–H groups in total. The summed E-state index contributed by atoms with van der Waals surface area (Å²) in [5.41, 5.74) is 10.5. The molecule has 0 amide bonds. The van der Waals surface area contributed by atoms with E-state index in [1.807, 2.05) is 12.1 Å². The number of rotatable bonds is 1. The van der Waals surface area contributed by atoms with Gasteiger partial charge in [-0.3, -0.25) is 0 Å². The van der Waals surface area contributed by atoms with Crippen LogP contribution in [0.3, 0.4) is 0 Å². The highest BCUT2D eigenvalue weighted by Crippen LogP contribution is 2.64. The van der Waals surface area contributed by atoms with Crippen LogP contribution in [0, 0.1) is 5.92 Å². The maximum atomic E-state index is 5.74. The first-order valence-corrected chi connectivity index (χ1v) is 7.51. The zero-order chi connectivity index (χ0) is 14.0. The fourth-order valence-electron chi connectivity index (χ4n) is 4.02. The van der Waals surface area contributed by atoms with Gasteiger partial charge in [-0.25, -0.2) is 9.97 Å². The Morgan fingerprint density at radius 1 is 1.05 bits per heavy atom. The molecule has 2 heterocycles. The standard InChI is InChI=1S/C17H16N4/c18-13-8-7-12-16(20-13)21-17(19-12)15-11-6-5-9-3-1-2-4-10(9)14(11)15/h1-4,7-8,11,14-15H,5-6H2,(H3,18,19,20,21). The van der Waals surface area contributed by atoms with Gasteiger partial charge in [-0.1, -0.05) is 24.3 Å². The molecular formula is C17H16N4. The molecule has 2 aromatic heterocycles. The Morgan fingerprint density at radius 3 is 2.90 bits per heavy atom. The van der Waals surface area contributed by atoms with Gasteiger partial charge >= 0.3 is 0 Å². The van der Waals surface area contributed by atoms with E-state index in [0.717, 1.165) is 22.9 Å². The maximum Gasteiger partial charge on any atom is 0.179 e. The number of nitrogen functional groups attached to an aromatic ring is 1. The molecule has 21 heavy (non-hydrogen) atoms. The second-order valence-electron chi connectivity index (χ2n) is 6.18. The minimum absolute atomic E-state index is 0.518. The fraction of sp³-hybridized carbons (Fsp3) is 0.294. The van der Waals surface area contributed by atoms with Crippen molar-refractivity contribution in [3.63, 3.8) is 0 Å². The van der Waals surface area contributed by atoms with Crippen molar-refractivity contribution in [1.29, 1.82) is 0 Å². The van der Waals surface area contributed by atoms with Crippen LogP contribution in [0.25, 0.3) is 11.2 Å². The lowest BCUT2D eigenvalue weighted by molar-refractivity contribution is 0.655. The van der Waals surface area contributed by atoms with E-state index in [0.29, 0.717) is 17.7 Å². The smallest absolute Gasteiger partial charge is 0.179 e. The highest BCUT2D eigenvalue weighted by molar-refractivity contribution is 5.73. The monoisotopic (exact) mass is 276 g/mol. The number of aromatic nitrogens is 3. The quantitative estimate of drug-likeness (QED) is 0.718. The summed E-state index contributed by atoms with van der Waals surface area (Å²) in [7, 11) is 0. The Balaban J connectivity index is 1.57. The number of aromatic amines is 1. The molecule has 4 nitrogen and oxygen atoms in total. The summed E-state index contributed by atoms with van der Waals surface area (Å²) in [6.07, 6.45) is 2.46. The van der Waals surface area contributed by atoms with Crippen LogP contribution in [0.15, 0.2) is 36.4 Å². The molecule has 2 aliphatic rings. The van der Waals surface area contributed by atoms with Crippen molar-refractivity contribution in [3.05, 3.63) is 53.3 Å². The van der Waals surface area contributed by atoms with Crippen molar-refractivity contribution in [3.8, 4) is 0 Å². The number of imidazole rings is 1. The minimum Gasteiger partial charge on any atom is -0.384 e. The zero-order valence-corrected chi connectivity index (χ0v) is 11.6. The molecular weight excluding hydrogens is 260 g/mol. The summed E-state index contributed by atoms with van der Waals surface area (Å²) >= 11 is 0. The number of nitrogens with one attached hydrogen (secondary N) is 1. The Labute approximate surface area is 122 Å². The number of hydrogen-bond donors (Lipinski definition) is 2. The van der Waals surface area contributed by atoms with Crippen LogP contribution in [-0.4, -0.2) is 15.0 Å². The summed E-state index contributed by atoms with van der Waals surface area (Å²) in [4.78, 5) is 12.4. The molecule has 0 radical (unpaired) electrons. The molecule has 4 heteroatoms. The van der Waals surface area contributed by atoms with Gasteiger partial charge in [-0.05, 0) is 47.9 Å². The molecule has 0 saturated heterocycles. The Kier molecular flexibility index (Phi) is 2.07. The van der Waals surface area contributed by atoms with Gasteiger partial charge in [-0.15, -0.1) is 0 Å². The number of aryl methyl sites for hydroxylation is 1. The summed E-state index contributed by atoms with van der Waals surface area (Å²) in [5, 5.41) is 0. The third-order valence-electron chi connectivity index (χ3n) is 5.03. The average Bonchev–Trinajstić information content (AvgIpc) is 3.11. The van der Waals surface area contributed by atoms with Gasteiger partial charge in [0.1, 0.15) is 11.6 Å². The molecule has 104 valence electrons. The fourth-order valence-corrected chi connectivity index (χ4v) is 4.02. The van der Waals surface area contributed by atoms with E-state index in [2.05, 4.69) is 39.2 Å². The number of nitrogens with zero attached hydrogens (tertiary/aromatic N) is 2. The third-order valence-corrected chi connectivity index (χ3v) is 5.03. The summed E-state index contributed by atoms with van der Waals surface area (Å²) in [6, 6.07) is 12.6. The lowest BCUT2D eigenvalue weighted by Gasteiger charge is -2.13. The molecule has 2 aliphatic carbocycles. The van der Waals surface area contributed by atoms with E-state index in [9.17, 15) is 0 Å². The van der Waals surface area contributed by atoms with E-state index in [1.54, 1.807) is 0 Å². The molecule has 3 aromatic rings. The van der Waals surface area contributed by atoms with E-state index in [1.165, 1.54) is 24.0 Å². The summed E-state index contributed by atoms with van der Waals surface area (Å²) in [6.45, 7) is 0. The molecule has 5 rings (SSSR count). The molecule has 1 saturated carbocycles. The van der Waals surface area contributed by atoms with Crippen molar-refractivity contribution < 1.29 is 0 Å². The zero-order valence-electron chi connectivity index (χ0n) is 11.6. The molecule has 3 atom stereocenters. The van der Waals surface area contributed by atoms with Crippen molar-refractivity contribution >= 4 is 17.0 Å². The number of hydrogen-bond acceptors (Lipinski definition) is 3. The van der Waals surface area contributed by atoms with Gasteiger partial charge in [-0.2, -0.15) is 0 Å². The number of benzene rings is 1. The van der Waals surface area contributed by atoms with Crippen molar-refractivity contribution in [2.75, 3.05) is 5.73 Å². The Hall–Kier alpha value is -2.36. The van der Waals surface area contributed by atoms with E-state index in [4.69, 9.17) is 5.73 Å². The predicted octanol–water partition coefficient (Wildman–Crippen LogP) is 2.98. The van der Waals surface area contributed by atoms with Gasteiger partial charge in [0.25, 0.3) is 0 Å². The van der Waals surface area contributed by atoms with Gasteiger partial charge in [0.05, 0.1) is 5.52 Å². The molecule has 0 aliphatic heterocycles. The second-order valence-corrected chi connectivity index (χ2v) is 6.18. The molecule has 0 bridgehead atoms. The SMILES string of the molecule is Nc1ccc2[nH]c(C3C4CCc5ccccc5C43)nc2n1. The molecule has 0 spiro atoms. The normalized spacial score (nSPS) is 26.4. The van der Waals surface area contributed by atoms with E-state index in [-0.39, 0.29) is 0 Å². The number of pyridine rings is 1. The van der Waals surface area contributed by atoms with Crippen molar-refractivity contribution in [1.82, 2.24) is 15.0 Å². The molecule has 1 aromatic carbocycles. The topological polar surface area (TPSA) is 67.6 Å². The van der Waals surface area contributed by atoms with E-state index < -0.39 is 0 Å². The van der Waals surface area contributed by atoms with E-state index >= 15 is 0 Å². The van der Waals surface area contributed by atoms with Gasteiger partial charge in [0.15, 0.2) is 5.65 Å². The van der Waals surface area contributed by atoms with Gasteiger partial charge in [0, 0.05) is 5.92 Å². The Morgan fingerprint density at radius 2 is 1.95 bits per heavy atom. The van der Waals surface area contributed by atoms with Crippen LogP contribution in [0.1, 0.15) is 35.2 Å². The van der Waals surface area contributed by atoms with Crippen LogP contribution in [-0.2, 0) is 6.42 Å². The summed E-state index contributed by atoms with van der Waals surface area (Å²) in [5.74, 6) is 3.49. The van der Waals surface area contributed by atoms with Crippen molar-refractivity contribution in [2.24, 2.45) is 5.92 Å². The Bertz CT molecular complexity index is 851. The highest BCUT2D eigenvalue weighted by atomic mass is 15.0. The van der Waals surface area contributed by atoms with Crippen LogP contribution in [0.4, 0.5) is 5.82 Å².